The normalized spacial score (nSPS) is 11.2. The van der Waals surface area contributed by atoms with E-state index in [0.29, 0.717) is 0 Å². The van der Waals surface area contributed by atoms with Crippen molar-refractivity contribution >= 4 is 33.0 Å². The summed E-state index contributed by atoms with van der Waals surface area (Å²) < 4.78 is 1.23. The molecule has 0 radical (unpaired) electrons. The van der Waals surface area contributed by atoms with Crippen molar-refractivity contribution in [2.24, 2.45) is 0 Å². The number of fused-ring (bicyclic) bond motifs is 1. The summed E-state index contributed by atoms with van der Waals surface area (Å²) in [5.74, 6) is 0. The Labute approximate surface area is 105 Å². The zero-order valence-electron chi connectivity index (χ0n) is 9.64. The Kier molecular flexibility index (Phi) is 3.85. The minimum atomic E-state index is 0.875. The lowest BCUT2D eigenvalue weighted by Crippen LogP contribution is -2.11. The van der Waals surface area contributed by atoms with Gasteiger partial charge in [-0.15, -0.1) is 11.3 Å². The molecule has 0 spiro atoms. The minimum absolute atomic E-state index is 0.875. The van der Waals surface area contributed by atoms with Gasteiger partial charge in [0, 0.05) is 11.4 Å². The predicted octanol–water partition coefficient (Wildman–Crippen LogP) is 4.23. The van der Waals surface area contributed by atoms with Crippen LogP contribution in [0, 0.1) is 0 Å². The van der Waals surface area contributed by atoms with Gasteiger partial charge in [0.05, 0.1) is 9.72 Å². The molecule has 1 aromatic heterocycles. The van der Waals surface area contributed by atoms with E-state index < -0.39 is 0 Å². The van der Waals surface area contributed by atoms with Gasteiger partial charge in [0.1, 0.15) is 0 Å². The van der Waals surface area contributed by atoms with Crippen molar-refractivity contribution < 1.29 is 0 Å². The van der Waals surface area contributed by atoms with Gasteiger partial charge in [-0.25, -0.2) is 0 Å². The number of hydrogen-bond donors (Lipinski definition) is 1. The van der Waals surface area contributed by atoms with E-state index in [2.05, 4.69) is 25.2 Å². The van der Waals surface area contributed by atoms with Crippen molar-refractivity contribution in [3.8, 4) is 0 Å². The number of benzene rings is 1. The van der Waals surface area contributed by atoms with Crippen LogP contribution in [0.25, 0.3) is 10.1 Å². The number of nitrogens with one attached hydrogen (secondary N) is 1. The molecule has 86 valence electrons. The van der Waals surface area contributed by atoms with Crippen molar-refractivity contribution in [1.29, 1.82) is 0 Å². The average molecular weight is 254 g/mol. The minimum Gasteiger partial charge on any atom is -0.312 e. The van der Waals surface area contributed by atoms with Crippen molar-refractivity contribution in [3.05, 3.63) is 33.7 Å². The molecule has 0 aliphatic rings. The molecular weight excluding hydrogens is 238 g/mol. The van der Waals surface area contributed by atoms with Crippen LogP contribution in [0.5, 0.6) is 0 Å². The van der Waals surface area contributed by atoms with Gasteiger partial charge in [0.25, 0.3) is 0 Å². The van der Waals surface area contributed by atoms with Gasteiger partial charge in [0.15, 0.2) is 0 Å². The molecule has 0 aliphatic heterocycles. The van der Waals surface area contributed by atoms with Crippen molar-refractivity contribution in [3.63, 3.8) is 0 Å². The maximum Gasteiger partial charge on any atom is 0.0584 e. The van der Waals surface area contributed by atoms with Gasteiger partial charge in [-0.3, -0.25) is 0 Å². The molecular formula is C13H16ClNS. The fourth-order valence-corrected chi connectivity index (χ4v) is 3.51. The van der Waals surface area contributed by atoms with Gasteiger partial charge < -0.3 is 5.32 Å². The van der Waals surface area contributed by atoms with Gasteiger partial charge in [-0.05, 0) is 30.0 Å². The number of aryl methyl sites for hydroxylation is 1. The Balaban J connectivity index is 2.52. The second-order valence-corrected chi connectivity index (χ2v) is 5.27. The van der Waals surface area contributed by atoms with E-state index in [1.807, 2.05) is 23.5 Å². The van der Waals surface area contributed by atoms with Crippen LogP contribution >= 0.6 is 22.9 Å². The topological polar surface area (TPSA) is 12.0 Å². The molecule has 0 atom stereocenters. The smallest absolute Gasteiger partial charge is 0.0584 e. The largest absolute Gasteiger partial charge is 0.312 e. The fourth-order valence-electron chi connectivity index (χ4n) is 1.95. The third-order valence-electron chi connectivity index (χ3n) is 2.74. The molecule has 0 amide bonds. The van der Waals surface area contributed by atoms with E-state index in [4.69, 9.17) is 11.6 Å². The third-order valence-corrected chi connectivity index (χ3v) is 4.45. The molecule has 0 saturated carbocycles. The highest BCUT2D eigenvalue weighted by molar-refractivity contribution is 7.20. The summed E-state index contributed by atoms with van der Waals surface area (Å²) in [6, 6.07) is 6.18. The lowest BCUT2D eigenvalue weighted by molar-refractivity contribution is 0.731. The molecule has 2 rings (SSSR count). The zero-order chi connectivity index (χ0) is 11.5. The Hall–Kier alpha value is -0.570. The fraction of sp³-hybridized carbons (Fsp3) is 0.385. The predicted molar refractivity (Wildman–Crippen MR) is 73.6 cm³/mol. The molecule has 0 bridgehead atoms. The molecule has 1 aromatic carbocycles. The van der Waals surface area contributed by atoms with E-state index in [-0.39, 0.29) is 0 Å². The highest BCUT2D eigenvalue weighted by Gasteiger charge is 2.11. The zero-order valence-corrected chi connectivity index (χ0v) is 11.2. The highest BCUT2D eigenvalue weighted by atomic mass is 35.5. The van der Waals surface area contributed by atoms with Crippen LogP contribution in [0.15, 0.2) is 18.2 Å². The molecule has 0 saturated heterocycles. The first-order chi connectivity index (χ1) is 7.77. The molecule has 16 heavy (non-hydrogen) atoms. The summed E-state index contributed by atoms with van der Waals surface area (Å²) in [6.45, 7) is 6.30. The van der Waals surface area contributed by atoms with Crippen molar-refractivity contribution in [1.82, 2.24) is 5.32 Å². The second-order valence-electron chi connectivity index (χ2n) is 3.75. The molecule has 1 N–H and O–H groups in total. The van der Waals surface area contributed by atoms with Crippen LogP contribution in [0.1, 0.15) is 24.3 Å². The summed E-state index contributed by atoms with van der Waals surface area (Å²) in [4.78, 5) is 1.42. The summed E-state index contributed by atoms with van der Waals surface area (Å²) >= 11 is 8.04. The molecule has 1 nitrogen and oxygen atoms in total. The average Bonchev–Trinajstić information content (AvgIpc) is 2.65. The molecule has 0 fully saturated rings. The van der Waals surface area contributed by atoms with Crippen LogP contribution < -0.4 is 5.32 Å². The Morgan fingerprint density at radius 1 is 1.31 bits per heavy atom. The molecule has 0 aliphatic carbocycles. The second kappa shape index (κ2) is 5.17. The summed E-state index contributed by atoms with van der Waals surface area (Å²) in [5.41, 5.74) is 1.45. The van der Waals surface area contributed by atoms with Crippen molar-refractivity contribution in [2.45, 2.75) is 26.8 Å². The van der Waals surface area contributed by atoms with E-state index in [1.165, 1.54) is 20.5 Å². The summed E-state index contributed by atoms with van der Waals surface area (Å²) in [5, 5.41) is 5.59. The molecule has 3 heteroatoms. The third kappa shape index (κ3) is 2.10. The van der Waals surface area contributed by atoms with Crippen LogP contribution in [0.4, 0.5) is 0 Å². The van der Waals surface area contributed by atoms with Gasteiger partial charge in [0.2, 0.25) is 0 Å². The van der Waals surface area contributed by atoms with Crippen LogP contribution in [0.2, 0.25) is 5.02 Å². The Morgan fingerprint density at radius 3 is 2.81 bits per heavy atom. The standard InChI is InChI=1S/C13H16ClNS/c1-3-9-10-6-5-7-11(14)13(10)16-12(9)8-15-4-2/h5-7,15H,3-4,8H2,1-2H3. The molecule has 1 heterocycles. The Bertz CT molecular complexity index is 490. The summed E-state index contributed by atoms with van der Waals surface area (Å²) in [7, 11) is 0. The first-order valence-corrected chi connectivity index (χ1v) is 6.86. The lowest BCUT2D eigenvalue weighted by atomic mass is 10.1. The van der Waals surface area contributed by atoms with Crippen molar-refractivity contribution in [2.75, 3.05) is 6.54 Å². The quantitative estimate of drug-likeness (QED) is 0.860. The van der Waals surface area contributed by atoms with Crippen LogP contribution in [-0.4, -0.2) is 6.54 Å². The maximum atomic E-state index is 6.22. The lowest BCUT2D eigenvalue weighted by Gasteiger charge is -2.01. The Morgan fingerprint density at radius 2 is 2.12 bits per heavy atom. The number of thiophene rings is 1. The van der Waals surface area contributed by atoms with Crippen LogP contribution in [-0.2, 0) is 13.0 Å². The first-order valence-electron chi connectivity index (χ1n) is 5.67. The van der Waals surface area contributed by atoms with Gasteiger partial charge >= 0.3 is 0 Å². The van der Waals surface area contributed by atoms with E-state index in [9.17, 15) is 0 Å². The SMILES string of the molecule is CCNCc1sc2c(Cl)cccc2c1CC. The van der Waals surface area contributed by atoms with E-state index in [0.717, 1.165) is 24.5 Å². The van der Waals surface area contributed by atoms with E-state index >= 15 is 0 Å². The van der Waals surface area contributed by atoms with E-state index in [1.54, 1.807) is 0 Å². The van der Waals surface area contributed by atoms with Gasteiger partial charge in [-0.1, -0.05) is 37.6 Å². The molecule has 2 aromatic rings. The number of rotatable bonds is 4. The van der Waals surface area contributed by atoms with Gasteiger partial charge in [-0.2, -0.15) is 0 Å². The van der Waals surface area contributed by atoms with Crippen LogP contribution in [0.3, 0.4) is 0 Å². The summed E-state index contributed by atoms with van der Waals surface area (Å²) in [6.07, 6.45) is 1.07. The molecule has 0 unspecified atom stereocenters. The maximum absolute atomic E-state index is 6.22. The number of halogens is 1. The first kappa shape index (κ1) is 11.9. The monoisotopic (exact) mass is 253 g/mol. The number of hydrogen-bond acceptors (Lipinski definition) is 2. The highest BCUT2D eigenvalue weighted by Crippen LogP contribution is 2.36.